The second-order valence-electron chi connectivity index (χ2n) is 2.58. The highest BCUT2D eigenvalue weighted by Crippen LogP contribution is 2.28. The van der Waals surface area contributed by atoms with Crippen molar-refractivity contribution in [3.8, 4) is 12.3 Å². The molecule has 0 radical (unpaired) electrons. The zero-order chi connectivity index (χ0) is 11.6. The minimum absolute atomic E-state index is 0.322. The van der Waals surface area contributed by atoms with Crippen molar-refractivity contribution >= 4 is 5.97 Å². The predicted octanol–water partition coefficient (Wildman–Crippen LogP) is 1.23. The van der Waals surface area contributed by atoms with Crippen molar-refractivity contribution < 1.29 is 23.1 Å². The average molecular weight is 218 g/mol. The molecule has 0 bridgehead atoms. The summed E-state index contributed by atoms with van der Waals surface area (Å²) in [6, 6.07) is 0.444. The molecule has 0 aliphatic rings. The molecule has 0 amide bonds. The fourth-order valence-electron chi connectivity index (χ4n) is 0.934. The normalized spacial score (nSPS) is 11.1. The number of aromatic nitrogens is 2. The molecule has 0 aliphatic carbocycles. The number of halogens is 3. The van der Waals surface area contributed by atoms with Crippen LogP contribution in [0, 0.1) is 12.3 Å². The van der Waals surface area contributed by atoms with Crippen LogP contribution < -0.4 is 0 Å². The van der Waals surface area contributed by atoms with Gasteiger partial charge in [0.05, 0.1) is 0 Å². The summed E-state index contributed by atoms with van der Waals surface area (Å²) in [4.78, 5) is 10.5. The molecule has 1 N–H and O–H groups in total. The highest BCUT2D eigenvalue weighted by Gasteiger charge is 2.35. The highest BCUT2D eigenvalue weighted by molar-refractivity contribution is 5.85. The topological polar surface area (TPSA) is 55.1 Å². The summed E-state index contributed by atoms with van der Waals surface area (Å²) in [7, 11) is 0. The Labute approximate surface area is 82.3 Å². The fraction of sp³-hybridized carbons (Fsp3) is 0.250. The third-order valence-electron chi connectivity index (χ3n) is 1.53. The molecular formula is C8H5F3N2O2. The summed E-state index contributed by atoms with van der Waals surface area (Å²) in [5, 5.41) is 11.6. The van der Waals surface area contributed by atoms with Crippen LogP contribution in [0.3, 0.4) is 0 Å². The summed E-state index contributed by atoms with van der Waals surface area (Å²) in [5.41, 5.74) is -1.85. The lowest BCUT2D eigenvalue weighted by atomic mass is 10.3. The molecule has 7 heteroatoms. The van der Waals surface area contributed by atoms with Crippen LogP contribution in [0.15, 0.2) is 6.07 Å². The van der Waals surface area contributed by atoms with Gasteiger partial charge in [-0.15, -0.1) is 6.42 Å². The van der Waals surface area contributed by atoms with E-state index >= 15 is 0 Å². The first-order valence-corrected chi connectivity index (χ1v) is 3.68. The van der Waals surface area contributed by atoms with Crippen LogP contribution in [0.2, 0.25) is 0 Å². The molecule has 0 unspecified atom stereocenters. The molecule has 0 atom stereocenters. The van der Waals surface area contributed by atoms with Gasteiger partial charge in [0.2, 0.25) is 0 Å². The standard InChI is InChI=1S/C8H5F3N2O2/c1-2-3-13-5(7(14)15)4-6(12-13)8(9,10)11/h1,4H,3H2,(H,14,15). The Bertz CT molecular complexity index is 428. The first kappa shape index (κ1) is 11.1. The Morgan fingerprint density at radius 2 is 2.27 bits per heavy atom. The average Bonchev–Trinajstić information content (AvgIpc) is 2.48. The lowest BCUT2D eigenvalue weighted by Crippen LogP contribution is -2.10. The van der Waals surface area contributed by atoms with E-state index in [9.17, 15) is 18.0 Å². The van der Waals surface area contributed by atoms with Crippen molar-refractivity contribution in [3.63, 3.8) is 0 Å². The first-order chi connectivity index (χ1) is 6.86. The number of aromatic carboxylic acids is 1. The Balaban J connectivity index is 3.22. The highest BCUT2D eigenvalue weighted by atomic mass is 19.4. The number of alkyl halides is 3. The van der Waals surface area contributed by atoms with Crippen LogP contribution in [-0.2, 0) is 12.7 Å². The second kappa shape index (κ2) is 3.65. The molecular weight excluding hydrogens is 213 g/mol. The number of carboxylic acid groups (broad SMARTS) is 1. The zero-order valence-corrected chi connectivity index (χ0v) is 7.25. The molecule has 4 nitrogen and oxygen atoms in total. The van der Waals surface area contributed by atoms with Crippen LogP contribution in [-0.4, -0.2) is 20.9 Å². The number of carboxylic acids is 1. The molecule has 80 valence electrons. The van der Waals surface area contributed by atoms with E-state index in [0.717, 1.165) is 0 Å². The van der Waals surface area contributed by atoms with Crippen molar-refractivity contribution in [2.75, 3.05) is 0 Å². The second-order valence-corrected chi connectivity index (χ2v) is 2.58. The van der Waals surface area contributed by atoms with Gasteiger partial charge in [0.1, 0.15) is 12.2 Å². The van der Waals surface area contributed by atoms with Gasteiger partial charge in [0.25, 0.3) is 0 Å². The first-order valence-electron chi connectivity index (χ1n) is 3.68. The predicted molar refractivity (Wildman–Crippen MR) is 43.0 cm³/mol. The number of carbonyl (C=O) groups is 1. The largest absolute Gasteiger partial charge is 0.477 e. The number of rotatable bonds is 2. The molecule has 0 saturated heterocycles. The maximum atomic E-state index is 12.2. The fourth-order valence-corrected chi connectivity index (χ4v) is 0.934. The number of hydrogen-bond acceptors (Lipinski definition) is 2. The van der Waals surface area contributed by atoms with E-state index in [4.69, 9.17) is 11.5 Å². The molecule has 1 aromatic heterocycles. The van der Waals surface area contributed by atoms with Gasteiger partial charge in [-0.25, -0.2) is 9.48 Å². The lowest BCUT2D eigenvalue weighted by molar-refractivity contribution is -0.141. The van der Waals surface area contributed by atoms with Crippen LogP contribution in [0.1, 0.15) is 16.2 Å². The molecule has 0 saturated carbocycles. The van der Waals surface area contributed by atoms with Crippen molar-refractivity contribution in [3.05, 3.63) is 17.5 Å². The van der Waals surface area contributed by atoms with Crippen LogP contribution in [0.25, 0.3) is 0 Å². The van der Waals surface area contributed by atoms with Gasteiger partial charge in [0.15, 0.2) is 5.69 Å². The van der Waals surface area contributed by atoms with E-state index in [-0.39, 0.29) is 6.54 Å². The monoisotopic (exact) mass is 218 g/mol. The van der Waals surface area contributed by atoms with Crippen LogP contribution >= 0.6 is 0 Å². The summed E-state index contributed by atoms with van der Waals surface area (Å²) in [6.45, 7) is -0.322. The zero-order valence-electron chi connectivity index (χ0n) is 7.25. The van der Waals surface area contributed by atoms with E-state index in [2.05, 4.69) is 5.10 Å². The molecule has 0 spiro atoms. The third-order valence-corrected chi connectivity index (χ3v) is 1.53. The Morgan fingerprint density at radius 3 is 2.67 bits per heavy atom. The maximum absolute atomic E-state index is 12.2. The van der Waals surface area contributed by atoms with E-state index in [1.54, 1.807) is 0 Å². The maximum Gasteiger partial charge on any atom is 0.435 e. The minimum Gasteiger partial charge on any atom is -0.477 e. The van der Waals surface area contributed by atoms with Gasteiger partial charge in [-0.3, -0.25) is 0 Å². The Hall–Kier alpha value is -1.97. The van der Waals surface area contributed by atoms with E-state index in [0.29, 0.717) is 10.7 Å². The van der Waals surface area contributed by atoms with Crippen molar-refractivity contribution in [1.29, 1.82) is 0 Å². The molecule has 0 aliphatic heterocycles. The SMILES string of the molecule is C#CCn1nc(C(F)(F)F)cc1C(=O)O. The number of terminal acetylenes is 1. The van der Waals surface area contributed by atoms with Crippen LogP contribution in [0.4, 0.5) is 13.2 Å². The third kappa shape index (κ3) is 2.28. The van der Waals surface area contributed by atoms with Gasteiger partial charge >= 0.3 is 12.1 Å². The van der Waals surface area contributed by atoms with Crippen molar-refractivity contribution in [1.82, 2.24) is 9.78 Å². The molecule has 0 fully saturated rings. The summed E-state index contributed by atoms with van der Waals surface area (Å²) in [6.07, 6.45) is 0.186. The van der Waals surface area contributed by atoms with Gasteiger partial charge in [0, 0.05) is 6.07 Å². The van der Waals surface area contributed by atoms with Gasteiger partial charge < -0.3 is 5.11 Å². The minimum atomic E-state index is -4.68. The molecule has 1 aromatic rings. The summed E-state index contributed by atoms with van der Waals surface area (Å²) >= 11 is 0. The van der Waals surface area contributed by atoms with Gasteiger partial charge in [-0.1, -0.05) is 5.92 Å². The van der Waals surface area contributed by atoms with Gasteiger partial charge in [-0.2, -0.15) is 18.3 Å². The van der Waals surface area contributed by atoms with E-state index in [1.165, 1.54) is 0 Å². The van der Waals surface area contributed by atoms with Crippen LogP contribution in [0.5, 0.6) is 0 Å². The van der Waals surface area contributed by atoms with Gasteiger partial charge in [-0.05, 0) is 0 Å². The number of hydrogen-bond donors (Lipinski definition) is 1. The Morgan fingerprint density at radius 1 is 1.67 bits per heavy atom. The quantitative estimate of drug-likeness (QED) is 0.759. The summed E-state index contributed by atoms with van der Waals surface area (Å²) in [5.74, 6) is 0.508. The Kier molecular flexibility index (Phi) is 2.70. The van der Waals surface area contributed by atoms with E-state index in [1.807, 2.05) is 5.92 Å². The van der Waals surface area contributed by atoms with E-state index < -0.39 is 23.5 Å². The molecule has 15 heavy (non-hydrogen) atoms. The smallest absolute Gasteiger partial charge is 0.435 e. The molecule has 1 rings (SSSR count). The molecule has 0 aromatic carbocycles. The number of nitrogens with zero attached hydrogens (tertiary/aromatic N) is 2. The van der Waals surface area contributed by atoms with Crippen molar-refractivity contribution in [2.45, 2.75) is 12.7 Å². The summed E-state index contributed by atoms with van der Waals surface area (Å²) < 4.78 is 37.1. The molecule has 1 heterocycles. The lowest BCUT2D eigenvalue weighted by Gasteiger charge is -2.00. The van der Waals surface area contributed by atoms with Crippen molar-refractivity contribution in [2.24, 2.45) is 0 Å².